The molecule has 1 aliphatic heterocycles. The maximum atomic E-state index is 13.5. The molecule has 0 radical (unpaired) electrons. The van der Waals surface area contributed by atoms with Gasteiger partial charge >= 0.3 is 5.97 Å². The molecule has 0 saturated heterocycles. The minimum atomic E-state index is -1.13. The molecule has 0 bridgehead atoms. The summed E-state index contributed by atoms with van der Waals surface area (Å²) in [5.74, 6) is -1.68. The molecule has 2 N–H and O–H groups in total. The summed E-state index contributed by atoms with van der Waals surface area (Å²) in [4.78, 5) is 51.3. The first kappa shape index (κ1) is 25.8. The normalized spacial score (nSPS) is 14.8. The van der Waals surface area contributed by atoms with E-state index in [0.717, 1.165) is 5.56 Å². The fourth-order valence-corrected chi connectivity index (χ4v) is 4.91. The van der Waals surface area contributed by atoms with Gasteiger partial charge in [0.15, 0.2) is 0 Å². The molecule has 11 heteroatoms. The van der Waals surface area contributed by atoms with Crippen molar-refractivity contribution in [3.63, 3.8) is 0 Å². The minimum Gasteiger partial charge on any atom is -0.481 e. The number of halogens is 1. The molecular formula is C28H21ClN4O6. The van der Waals surface area contributed by atoms with E-state index in [0.29, 0.717) is 32.8 Å². The summed E-state index contributed by atoms with van der Waals surface area (Å²) in [6, 6.07) is 19.4. The maximum Gasteiger partial charge on any atom is 0.303 e. The smallest absolute Gasteiger partial charge is 0.303 e. The second-order valence-electron chi connectivity index (χ2n) is 9.01. The van der Waals surface area contributed by atoms with Crippen LogP contribution >= 0.6 is 11.6 Å². The third-order valence-electron chi connectivity index (χ3n) is 6.53. The summed E-state index contributed by atoms with van der Waals surface area (Å²) in [5.41, 5.74) is 2.53. The zero-order valence-corrected chi connectivity index (χ0v) is 21.1. The molecule has 196 valence electrons. The molecule has 0 unspecified atom stereocenters. The number of carboxylic acids is 1. The molecule has 1 aromatic heterocycles. The number of nitro benzene ring substituents is 1. The van der Waals surface area contributed by atoms with Gasteiger partial charge in [0.1, 0.15) is 0 Å². The number of nitro groups is 1. The molecule has 1 atom stereocenters. The number of aromatic nitrogens is 1. The van der Waals surface area contributed by atoms with Crippen LogP contribution in [0, 0.1) is 10.1 Å². The number of H-pyrrole nitrogens is 1. The van der Waals surface area contributed by atoms with E-state index in [2.05, 4.69) is 10.1 Å². The van der Waals surface area contributed by atoms with Gasteiger partial charge in [0, 0.05) is 46.5 Å². The Hall–Kier alpha value is -4.83. The number of hydrazone groups is 1. The lowest BCUT2D eigenvalue weighted by atomic mass is 9.91. The molecule has 3 aromatic carbocycles. The van der Waals surface area contributed by atoms with Gasteiger partial charge in [0.2, 0.25) is 5.91 Å². The Bertz CT molecular complexity index is 1700. The van der Waals surface area contributed by atoms with Crippen molar-refractivity contribution < 1.29 is 19.6 Å². The van der Waals surface area contributed by atoms with E-state index >= 15 is 0 Å². The standard InChI is InChI=1S/C28H21ClN4O6/c29-18-8-11-21-20(14-18)26(17-4-2-1-3-5-17)27(28(37)30-21)22-15-23(16-6-9-19(10-7-16)33(38)39)32(31-22)24(34)12-13-25(35)36/h1-11,14,23H,12-13,15H2,(H,30,37)(H,35,36)/t23-/m1/s1. The van der Waals surface area contributed by atoms with Crippen molar-refractivity contribution in [3.05, 3.63) is 109 Å². The Kier molecular flexibility index (Phi) is 6.95. The van der Waals surface area contributed by atoms with Crippen molar-refractivity contribution in [2.75, 3.05) is 0 Å². The summed E-state index contributed by atoms with van der Waals surface area (Å²) in [6.45, 7) is 0. The SMILES string of the molecule is O=C(O)CCC(=O)N1N=C(c2c(-c3ccccc3)c3cc(Cl)ccc3[nH]c2=O)C[C@@H]1c1ccc([N+](=O)[O-])cc1. The number of hydrogen-bond donors (Lipinski definition) is 2. The van der Waals surface area contributed by atoms with Crippen LogP contribution in [-0.4, -0.2) is 37.6 Å². The zero-order chi connectivity index (χ0) is 27.7. The third kappa shape index (κ3) is 5.14. The van der Waals surface area contributed by atoms with E-state index in [4.69, 9.17) is 16.7 Å². The van der Waals surface area contributed by atoms with Crippen LogP contribution in [0.15, 0.2) is 82.7 Å². The number of carbonyl (C=O) groups is 2. The zero-order valence-electron chi connectivity index (χ0n) is 20.3. The second-order valence-corrected chi connectivity index (χ2v) is 9.44. The molecule has 4 aromatic rings. The lowest BCUT2D eigenvalue weighted by Crippen LogP contribution is -2.27. The van der Waals surface area contributed by atoms with Gasteiger partial charge in [-0.1, -0.05) is 54.1 Å². The summed E-state index contributed by atoms with van der Waals surface area (Å²) >= 11 is 6.32. The molecule has 0 spiro atoms. The topological polar surface area (TPSA) is 146 Å². The van der Waals surface area contributed by atoms with Crippen molar-refractivity contribution in [2.24, 2.45) is 5.10 Å². The molecular weight excluding hydrogens is 524 g/mol. The average Bonchev–Trinajstić information content (AvgIpc) is 3.37. The highest BCUT2D eigenvalue weighted by atomic mass is 35.5. The summed E-state index contributed by atoms with van der Waals surface area (Å²) in [6.07, 6.45) is -0.562. The molecule has 0 saturated carbocycles. The van der Waals surface area contributed by atoms with Crippen LogP contribution in [0.25, 0.3) is 22.0 Å². The lowest BCUT2D eigenvalue weighted by molar-refractivity contribution is -0.384. The van der Waals surface area contributed by atoms with Gasteiger partial charge in [-0.25, -0.2) is 5.01 Å². The van der Waals surface area contributed by atoms with Gasteiger partial charge in [-0.15, -0.1) is 0 Å². The fraction of sp³-hybridized carbons (Fsp3) is 0.143. The van der Waals surface area contributed by atoms with Gasteiger partial charge in [-0.3, -0.25) is 24.5 Å². The number of non-ortho nitro benzene ring substituents is 1. The Morgan fingerprint density at radius 3 is 2.44 bits per heavy atom. The fourth-order valence-electron chi connectivity index (χ4n) is 4.74. The Morgan fingerprint density at radius 1 is 1.05 bits per heavy atom. The molecule has 39 heavy (non-hydrogen) atoms. The van der Waals surface area contributed by atoms with Crippen LogP contribution in [0.5, 0.6) is 0 Å². The lowest BCUT2D eigenvalue weighted by Gasteiger charge is -2.21. The molecule has 5 rings (SSSR count). The van der Waals surface area contributed by atoms with Crippen LogP contribution in [0.3, 0.4) is 0 Å². The molecule has 0 fully saturated rings. The first-order chi connectivity index (χ1) is 18.7. The molecule has 0 aliphatic carbocycles. The summed E-state index contributed by atoms with van der Waals surface area (Å²) in [7, 11) is 0. The second kappa shape index (κ2) is 10.5. The van der Waals surface area contributed by atoms with Gasteiger partial charge in [-0.05, 0) is 29.3 Å². The average molecular weight is 545 g/mol. The first-order valence-electron chi connectivity index (χ1n) is 12.0. The van der Waals surface area contributed by atoms with Gasteiger partial charge in [0.05, 0.1) is 28.7 Å². The van der Waals surface area contributed by atoms with Crippen LogP contribution in [0.1, 0.15) is 36.4 Å². The molecule has 1 amide bonds. The Balaban J connectivity index is 1.68. The number of amides is 1. The molecule has 2 heterocycles. The minimum absolute atomic E-state index is 0.115. The Labute approximate surface area is 226 Å². The first-order valence-corrected chi connectivity index (χ1v) is 12.4. The van der Waals surface area contributed by atoms with Gasteiger partial charge in [-0.2, -0.15) is 5.10 Å². The number of nitrogens with zero attached hydrogens (tertiary/aromatic N) is 3. The third-order valence-corrected chi connectivity index (χ3v) is 6.77. The van der Waals surface area contributed by atoms with E-state index in [-0.39, 0.29) is 24.1 Å². The molecule has 10 nitrogen and oxygen atoms in total. The van der Waals surface area contributed by atoms with Crippen LogP contribution in [-0.2, 0) is 9.59 Å². The number of nitrogens with one attached hydrogen (secondary N) is 1. The highest BCUT2D eigenvalue weighted by Crippen LogP contribution is 2.38. The number of benzene rings is 3. The number of carbonyl (C=O) groups excluding carboxylic acids is 1. The predicted octanol–water partition coefficient (Wildman–Crippen LogP) is 5.30. The van der Waals surface area contributed by atoms with E-state index in [1.54, 1.807) is 18.2 Å². The number of aliphatic carboxylic acids is 1. The number of hydrogen-bond acceptors (Lipinski definition) is 6. The summed E-state index contributed by atoms with van der Waals surface area (Å²) < 4.78 is 0. The largest absolute Gasteiger partial charge is 0.481 e. The van der Waals surface area contributed by atoms with Crippen molar-refractivity contribution in [3.8, 4) is 11.1 Å². The van der Waals surface area contributed by atoms with Gasteiger partial charge in [0.25, 0.3) is 11.2 Å². The van der Waals surface area contributed by atoms with Crippen LogP contribution in [0.4, 0.5) is 5.69 Å². The predicted molar refractivity (Wildman–Crippen MR) is 146 cm³/mol. The quantitative estimate of drug-likeness (QED) is 0.238. The molecule has 1 aliphatic rings. The van der Waals surface area contributed by atoms with E-state index in [1.165, 1.54) is 29.3 Å². The Morgan fingerprint density at radius 2 is 1.77 bits per heavy atom. The maximum absolute atomic E-state index is 13.5. The van der Waals surface area contributed by atoms with Gasteiger partial charge < -0.3 is 10.1 Å². The number of rotatable bonds is 7. The van der Waals surface area contributed by atoms with E-state index in [1.807, 2.05) is 30.3 Å². The van der Waals surface area contributed by atoms with Crippen molar-refractivity contribution in [1.29, 1.82) is 0 Å². The van der Waals surface area contributed by atoms with Crippen LogP contribution in [0.2, 0.25) is 5.02 Å². The number of carboxylic acid groups (broad SMARTS) is 1. The van der Waals surface area contributed by atoms with E-state index < -0.39 is 34.8 Å². The van der Waals surface area contributed by atoms with Crippen molar-refractivity contribution >= 4 is 45.8 Å². The number of fused-ring (bicyclic) bond motifs is 1. The van der Waals surface area contributed by atoms with Crippen LogP contribution < -0.4 is 5.56 Å². The number of aromatic amines is 1. The van der Waals surface area contributed by atoms with Crippen molar-refractivity contribution in [2.45, 2.75) is 25.3 Å². The summed E-state index contributed by atoms with van der Waals surface area (Å²) in [5, 5.41) is 27.1. The highest BCUT2D eigenvalue weighted by molar-refractivity contribution is 6.31. The monoisotopic (exact) mass is 544 g/mol. The van der Waals surface area contributed by atoms with E-state index in [9.17, 15) is 24.5 Å². The highest BCUT2D eigenvalue weighted by Gasteiger charge is 2.35. The number of pyridine rings is 1. The van der Waals surface area contributed by atoms with Crippen molar-refractivity contribution in [1.82, 2.24) is 9.99 Å².